The molecule has 7 nitrogen and oxygen atoms in total. The van der Waals surface area contributed by atoms with Crippen molar-refractivity contribution >= 4 is 79.7 Å². The molecule has 0 amide bonds. The van der Waals surface area contributed by atoms with Crippen molar-refractivity contribution in [1.82, 2.24) is 0 Å². The Morgan fingerprint density at radius 2 is 1.77 bits per heavy atom. The predicted molar refractivity (Wildman–Crippen MR) is 137 cm³/mol. The Morgan fingerprint density at radius 3 is 2.30 bits per heavy atom. The van der Waals surface area contributed by atoms with E-state index in [4.69, 9.17) is 15.2 Å². The number of hydrogen-bond donors (Lipinski definition) is 3. The van der Waals surface area contributed by atoms with Crippen LogP contribution in [0.25, 0.3) is 0 Å². The zero-order chi connectivity index (χ0) is 22.8. The normalized spacial score (nSPS) is 12.4. The molecule has 2 rings (SSSR count). The largest absolute Gasteiger partial charge is 0.507 e. The van der Waals surface area contributed by atoms with E-state index in [0.29, 0.717) is 27.8 Å². The number of rotatable bonds is 6. The molecule has 0 bridgehead atoms. The van der Waals surface area contributed by atoms with Crippen molar-refractivity contribution in [2.45, 2.75) is 38.8 Å². The van der Waals surface area contributed by atoms with Crippen molar-refractivity contribution in [3.63, 3.8) is 0 Å². The molecule has 2 aromatic carbocycles. The van der Waals surface area contributed by atoms with Crippen LogP contribution in [-0.4, -0.2) is 33.8 Å². The molecule has 0 aliphatic heterocycles. The standard InChI is InChI=1S/C20H20I3NO6/c1-20(2,3)30-19(28)15-9(7-13(24)18(26)27)6-12(22)17(16(15)23)29-10-4-5-14(25)11(21)8-10/h4-6,8,13,25H,7,24H2,1-3H3,(H,26,27)/t13-/m0/s1. The average molecular weight is 751 g/mol. The molecule has 0 saturated carbocycles. The van der Waals surface area contributed by atoms with Crippen molar-refractivity contribution in [2.24, 2.45) is 5.73 Å². The molecule has 0 heterocycles. The van der Waals surface area contributed by atoms with Gasteiger partial charge >= 0.3 is 11.9 Å². The number of aliphatic carboxylic acids is 1. The zero-order valence-electron chi connectivity index (χ0n) is 16.3. The lowest BCUT2D eigenvalue weighted by molar-refractivity contribution is -0.138. The van der Waals surface area contributed by atoms with Gasteiger partial charge in [0, 0.05) is 0 Å². The van der Waals surface area contributed by atoms with Gasteiger partial charge in [-0.2, -0.15) is 0 Å². The van der Waals surface area contributed by atoms with Crippen molar-refractivity contribution in [3.8, 4) is 17.2 Å². The van der Waals surface area contributed by atoms with E-state index in [2.05, 4.69) is 22.6 Å². The summed E-state index contributed by atoms with van der Waals surface area (Å²) >= 11 is 6.05. The van der Waals surface area contributed by atoms with Gasteiger partial charge < -0.3 is 25.4 Å². The first kappa shape index (κ1) is 25.4. The molecule has 0 aliphatic rings. The molecule has 0 radical (unpaired) electrons. The molecule has 4 N–H and O–H groups in total. The minimum Gasteiger partial charge on any atom is -0.507 e. The number of hydrogen-bond acceptors (Lipinski definition) is 6. The summed E-state index contributed by atoms with van der Waals surface area (Å²) in [6, 6.07) is 5.33. The highest BCUT2D eigenvalue weighted by molar-refractivity contribution is 14.1. The van der Waals surface area contributed by atoms with Gasteiger partial charge in [0.1, 0.15) is 23.1 Å². The van der Waals surface area contributed by atoms with E-state index in [0.717, 1.165) is 0 Å². The molecule has 0 unspecified atom stereocenters. The third-order valence-corrected chi connectivity index (χ3v) is 6.45. The highest BCUT2D eigenvalue weighted by Crippen LogP contribution is 2.38. The first-order valence-electron chi connectivity index (χ1n) is 8.69. The Bertz CT molecular complexity index is 987. The summed E-state index contributed by atoms with van der Waals surface area (Å²) in [5.74, 6) is -0.681. The molecule has 30 heavy (non-hydrogen) atoms. The van der Waals surface area contributed by atoms with Crippen LogP contribution in [0.1, 0.15) is 36.7 Å². The molecular weight excluding hydrogens is 731 g/mol. The Labute approximate surface area is 215 Å². The summed E-state index contributed by atoms with van der Waals surface area (Å²) in [5, 5.41) is 18.9. The molecular formula is C20H20I3NO6. The van der Waals surface area contributed by atoms with Crippen LogP contribution in [0.3, 0.4) is 0 Å². The zero-order valence-corrected chi connectivity index (χ0v) is 22.8. The molecule has 162 valence electrons. The third kappa shape index (κ3) is 6.56. The first-order valence-corrected chi connectivity index (χ1v) is 11.9. The van der Waals surface area contributed by atoms with Crippen LogP contribution in [0.4, 0.5) is 0 Å². The van der Waals surface area contributed by atoms with Crippen LogP contribution in [0.2, 0.25) is 0 Å². The molecule has 1 atom stereocenters. The van der Waals surface area contributed by atoms with Gasteiger partial charge in [-0.15, -0.1) is 0 Å². The summed E-state index contributed by atoms with van der Waals surface area (Å²) in [4.78, 5) is 24.2. The topological polar surface area (TPSA) is 119 Å². The van der Waals surface area contributed by atoms with Gasteiger partial charge in [0.2, 0.25) is 0 Å². The number of ether oxygens (including phenoxy) is 2. The number of halogens is 3. The van der Waals surface area contributed by atoms with Crippen molar-refractivity contribution in [3.05, 3.63) is 46.1 Å². The predicted octanol–water partition coefficient (Wildman–Crippen LogP) is 4.91. The van der Waals surface area contributed by atoms with Crippen LogP contribution in [0.15, 0.2) is 24.3 Å². The second-order valence-corrected chi connectivity index (χ2v) is 10.8. The van der Waals surface area contributed by atoms with Gasteiger partial charge in [0.25, 0.3) is 0 Å². The van der Waals surface area contributed by atoms with E-state index < -0.39 is 23.6 Å². The van der Waals surface area contributed by atoms with Gasteiger partial charge in [0.15, 0.2) is 5.75 Å². The number of nitrogens with two attached hydrogens (primary N) is 1. The fourth-order valence-electron chi connectivity index (χ4n) is 2.45. The quantitative estimate of drug-likeness (QED) is 0.284. The summed E-state index contributed by atoms with van der Waals surface area (Å²) in [7, 11) is 0. The first-order chi connectivity index (χ1) is 13.8. The lowest BCUT2D eigenvalue weighted by Gasteiger charge is -2.23. The molecule has 0 fully saturated rings. The number of carboxylic acid groups (broad SMARTS) is 1. The van der Waals surface area contributed by atoms with Crippen LogP contribution in [-0.2, 0) is 16.0 Å². The van der Waals surface area contributed by atoms with Gasteiger partial charge in [-0.05, 0) is 125 Å². The molecule has 0 saturated heterocycles. The SMILES string of the molecule is CC(C)(C)OC(=O)c1c(C[C@H](N)C(=O)O)cc(I)c(Oc2ccc(O)c(I)c2)c1I. The van der Waals surface area contributed by atoms with E-state index in [9.17, 15) is 19.8 Å². The third-order valence-electron chi connectivity index (χ3n) is 3.76. The number of aromatic hydroxyl groups is 1. The van der Waals surface area contributed by atoms with Gasteiger partial charge in [-0.25, -0.2) is 4.79 Å². The van der Waals surface area contributed by atoms with Gasteiger partial charge in [-0.3, -0.25) is 4.79 Å². The second kappa shape index (κ2) is 10.2. The average Bonchev–Trinajstić information content (AvgIpc) is 2.59. The van der Waals surface area contributed by atoms with Crippen LogP contribution < -0.4 is 10.5 Å². The fraction of sp³-hybridized carbons (Fsp3) is 0.300. The number of phenolic OH excluding ortho intramolecular Hbond substituents is 1. The Morgan fingerprint density at radius 1 is 1.13 bits per heavy atom. The highest BCUT2D eigenvalue weighted by atomic mass is 127. The number of phenols is 1. The van der Waals surface area contributed by atoms with Crippen molar-refractivity contribution < 1.29 is 29.3 Å². The highest BCUT2D eigenvalue weighted by Gasteiger charge is 2.28. The van der Waals surface area contributed by atoms with Crippen LogP contribution >= 0.6 is 67.8 Å². The summed E-state index contributed by atoms with van der Waals surface area (Å²) in [5.41, 5.74) is 5.69. The Kier molecular flexibility index (Phi) is 8.60. The fourth-order valence-corrected chi connectivity index (χ4v) is 5.17. The smallest absolute Gasteiger partial charge is 0.340 e. The number of benzene rings is 2. The number of esters is 1. The van der Waals surface area contributed by atoms with E-state index in [1.54, 1.807) is 39.0 Å². The van der Waals surface area contributed by atoms with Crippen molar-refractivity contribution in [1.29, 1.82) is 0 Å². The van der Waals surface area contributed by atoms with E-state index in [1.165, 1.54) is 6.07 Å². The lowest BCUT2D eigenvalue weighted by atomic mass is 10.00. The molecule has 10 heteroatoms. The van der Waals surface area contributed by atoms with E-state index in [-0.39, 0.29) is 17.7 Å². The lowest BCUT2D eigenvalue weighted by Crippen LogP contribution is -2.33. The maximum atomic E-state index is 13.0. The summed E-state index contributed by atoms with van der Waals surface area (Å²) in [6.45, 7) is 5.26. The Balaban J connectivity index is 2.58. The monoisotopic (exact) mass is 751 g/mol. The maximum absolute atomic E-state index is 13.0. The molecule has 0 aromatic heterocycles. The molecule has 0 aliphatic carbocycles. The van der Waals surface area contributed by atoms with Crippen molar-refractivity contribution in [2.75, 3.05) is 0 Å². The number of carbonyl (C=O) groups is 2. The minimum absolute atomic E-state index is 0.0344. The minimum atomic E-state index is -1.16. The molecule has 0 spiro atoms. The second-order valence-electron chi connectivity index (χ2n) is 7.40. The van der Waals surface area contributed by atoms with Crippen LogP contribution in [0.5, 0.6) is 17.2 Å². The van der Waals surface area contributed by atoms with Crippen LogP contribution in [0, 0.1) is 10.7 Å². The number of carbonyl (C=O) groups excluding carboxylic acids is 1. The van der Waals surface area contributed by atoms with Gasteiger partial charge in [0.05, 0.1) is 16.3 Å². The maximum Gasteiger partial charge on any atom is 0.340 e. The van der Waals surface area contributed by atoms with E-state index >= 15 is 0 Å². The summed E-state index contributed by atoms with van der Waals surface area (Å²) < 4.78 is 13.3. The van der Waals surface area contributed by atoms with Gasteiger partial charge in [-0.1, -0.05) is 0 Å². The summed E-state index contributed by atoms with van der Waals surface area (Å²) in [6.07, 6.45) is -0.0344. The van der Waals surface area contributed by atoms with E-state index in [1.807, 2.05) is 45.2 Å². The molecule has 2 aromatic rings. The number of carboxylic acids is 1. The Hall–Kier alpha value is -0.870.